The number of nitrogens with zero attached hydrogens (tertiary/aromatic N) is 3. The maximum Gasteiger partial charge on any atom is 0.244 e. The van der Waals surface area contributed by atoms with Crippen LogP contribution in [-0.2, 0) is 17.1 Å². The second-order valence-electron chi connectivity index (χ2n) is 6.14. The van der Waals surface area contributed by atoms with Gasteiger partial charge < -0.3 is 14.8 Å². The third-order valence-electron chi connectivity index (χ3n) is 4.02. The van der Waals surface area contributed by atoms with E-state index in [4.69, 9.17) is 11.6 Å². The summed E-state index contributed by atoms with van der Waals surface area (Å²) in [6, 6.07) is 13.3. The molecule has 0 aliphatic carbocycles. The zero-order valence-electron chi connectivity index (χ0n) is 15.0. The Balaban J connectivity index is 1.88. The first kappa shape index (κ1) is 18.6. The molecule has 0 saturated carbocycles. The third-order valence-corrected chi connectivity index (χ3v) is 4.81. The number of thioether (sulfide) groups is 1. The summed E-state index contributed by atoms with van der Waals surface area (Å²) in [5.74, 6) is 1.54. The Morgan fingerprint density at radius 1 is 1.27 bits per heavy atom. The zero-order valence-corrected chi connectivity index (χ0v) is 16.6. The maximum atomic E-state index is 12.7. The molecule has 1 N–H and O–H groups in total. The van der Waals surface area contributed by atoms with Gasteiger partial charge in [0.1, 0.15) is 12.4 Å². The minimum atomic E-state index is -0.110. The lowest BCUT2D eigenvalue weighted by Gasteiger charge is -2.18. The van der Waals surface area contributed by atoms with Crippen molar-refractivity contribution < 1.29 is 4.79 Å². The van der Waals surface area contributed by atoms with Crippen molar-refractivity contribution in [2.24, 2.45) is 0 Å². The first-order chi connectivity index (χ1) is 12.5. The SMILES string of the molecule is CSCc1nc2ccccc2n1CC(=O)Nc1cc(Cl)ccc1N(C)C. The van der Waals surface area contributed by atoms with Crippen LogP contribution >= 0.6 is 23.4 Å². The molecule has 0 aliphatic heterocycles. The summed E-state index contributed by atoms with van der Waals surface area (Å²) in [6.07, 6.45) is 2.03. The van der Waals surface area contributed by atoms with Crippen LogP contribution in [0.5, 0.6) is 0 Å². The highest BCUT2D eigenvalue weighted by molar-refractivity contribution is 7.97. The Morgan fingerprint density at radius 2 is 2.04 bits per heavy atom. The number of amides is 1. The molecule has 0 bridgehead atoms. The van der Waals surface area contributed by atoms with Crippen LogP contribution in [0.4, 0.5) is 11.4 Å². The molecule has 136 valence electrons. The quantitative estimate of drug-likeness (QED) is 0.685. The maximum absolute atomic E-state index is 12.7. The van der Waals surface area contributed by atoms with Crippen molar-refractivity contribution in [2.75, 3.05) is 30.6 Å². The van der Waals surface area contributed by atoms with Crippen LogP contribution in [0, 0.1) is 0 Å². The Labute approximate surface area is 162 Å². The Hall–Kier alpha value is -2.18. The van der Waals surface area contributed by atoms with Crippen LogP contribution in [0.2, 0.25) is 5.02 Å². The van der Waals surface area contributed by atoms with Crippen molar-refractivity contribution in [2.45, 2.75) is 12.3 Å². The van der Waals surface area contributed by atoms with E-state index < -0.39 is 0 Å². The summed E-state index contributed by atoms with van der Waals surface area (Å²) >= 11 is 7.79. The highest BCUT2D eigenvalue weighted by Gasteiger charge is 2.15. The lowest BCUT2D eigenvalue weighted by atomic mass is 10.2. The largest absolute Gasteiger partial charge is 0.376 e. The number of imidazole rings is 1. The van der Waals surface area contributed by atoms with Crippen molar-refractivity contribution >= 4 is 51.7 Å². The second kappa shape index (κ2) is 8.01. The molecule has 7 heteroatoms. The molecule has 1 aromatic heterocycles. The number of hydrogen-bond donors (Lipinski definition) is 1. The molecule has 5 nitrogen and oxygen atoms in total. The van der Waals surface area contributed by atoms with Gasteiger partial charge in [-0.1, -0.05) is 23.7 Å². The summed E-state index contributed by atoms with van der Waals surface area (Å²) in [7, 11) is 3.86. The summed E-state index contributed by atoms with van der Waals surface area (Å²) in [5.41, 5.74) is 3.47. The lowest BCUT2D eigenvalue weighted by Crippen LogP contribution is -2.21. The van der Waals surface area contributed by atoms with E-state index in [1.165, 1.54) is 0 Å². The number of para-hydroxylation sites is 2. The van der Waals surface area contributed by atoms with Gasteiger partial charge in [0.15, 0.2) is 0 Å². The number of aromatic nitrogens is 2. The molecule has 0 atom stereocenters. The van der Waals surface area contributed by atoms with E-state index in [1.807, 2.05) is 66.2 Å². The number of rotatable bonds is 6. The molecule has 3 aromatic rings. The van der Waals surface area contributed by atoms with Gasteiger partial charge in [0.2, 0.25) is 5.91 Å². The van der Waals surface area contributed by atoms with Gasteiger partial charge in [-0.3, -0.25) is 4.79 Å². The summed E-state index contributed by atoms with van der Waals surface area (Å²) < 4.78 is 1.97. The molecule has 0 spiro atoms. The van der Waals surface area contributed by atoms with Crippen molar-refractivity contribution in [1.29, 1.82) is 0 Å². The fourth-order valence-electron chi connectivity index (χ4n) is 2.87. The lowest BCUT2D eigenvalue weighted by molar-refractivity contribution is -0.116. The van der Waals surface area contributed by atoms with E-state index >= 15 is 0 Å². The van der Waals surface area contributed by atoms with Crippen LogP contribution < -0.4 is 10.2 Å². The van der Waals surface area contributed by atoms with Crippen molar-refractivity contribution in [1.82, 2.24) is 9.55 Å². The van der Waals surface area contributed by atoms with Crippen LogP contribution in [0.15, 0.2) is 42.5 Å². The summed E-state index contributed by atoms with van der Waals surface area (Å²) in [5, 5.41) is 3.57. The van der Waals surface area contributed by atoms with Gasteiger partial charge in [-0.05, 0) is 36.6 Å². The molecule has 0 saturated heterocycles. The van der Waals surface area contributed by atoms with Crippen LogP contribution in [-0.4, -0.2) is 35.8 Å². The molecule has 0 fully saturated rings. The van der Waals surface area contributed by atoms with Gasteiger partial charge in [0.05, 0.1) is 28.2 Å². The zero-order chi connectivity index (χ0) is 18.7. The average molecular weight is 389 g/mol. The van der Waals surface area contributed by atoms with Gasteiger partial charge in [0.25, 0.3) is 0 Å². The first-order valence-electron chi connectivity index (χ1n) is 8.19. The van der Waals surface area contributed by atoms with Gasteiger partial charge in [-0.2, -0.15) is 11.8 Å². The van der Waals surface area contributed by atoms with E-state index in [9.17, 15) is 4.79 Å². The second-order valence-corrected chi connectivity index (χ2v) is 7.44. The van der Waals surface area contributed by atoms with E-state index in [0.717, 1.165) is 28.3 Å². The predicted octanol–water partition coefficient (Wildman–Crippen LogP) is 4.26. The number of halogens is 1. The predicted molar refractivity (Wildman–Crippen MR) is 111 cm³/mol. The molecule has 1 heterocycles. The number of fused-ring (bicyclic) bond motifs is 1. The number of hydrogen-bond acceptors (Lipinski definition) is 4. The number of carbonyl (C=O) groups is 1. The fourth-order valence-corrected chi connectivity index (χ4v) is 3.52. The van der Waals surface area contributed by atoms with Crippen molar-refractivity contribution in [3.05, 3.63) is 53.3 Å². The number of nitrogens with one attached hydrogen (secondary N) is 1. The highest BCUT2D eigenvalue weighted by atomic mass is 35.5. The van der Waals surface area contributed by atoms with E-state index in [0.29, 0.717) is 10.7 Å². The average Bonchev–Trinajstić information content (AvgIpc) is 2.92. The standard InChI is InChI=1S/C19H21ClN4OS/c1-23(2)16-9-8-13(20)10-15(16)22-19(25)11-24-17-7-5-4-6-14(17)21-18(24)12-26-3/h4-10H,11-12H2,1-3H3,(H,22,25). The fraction of sp³-hybridized carbons (Fsp3) is 0.263. The first-order valence-corrected chi connectivity index (χ1v) is 9.96. The number of anilines is 2. The Morgan fingerprint density at radius 3 is 2.77 bits per heavy atom. The minimum Gasteiger partial charge on any atom is -0.376 e. The normalized spacial score (nSPS) is 10.9. The smallest absolute Gasteiger partial charge is 0.244 e. The molecular formula is C19H21ClN4OS. The van der Waals surface area contributed by atoms with Crippen molar-refractivity contribution in [3.63, 3.8) is 0 Å². The van der Waals surface area contributed by atoms with Gasteiger partial charge in [0, 0.05) is 19.1 Å². The third kappa shape index (κ3) is 3.97. The molecule has 0 radical (unpaired) electrons. The van der Waals surface area contributed by atoms with Gasteiger partial charge in [-0.25, -0.2) is 4.98 Å². The summed E-state index contributed by atoms with van der Waals surface area (Å²) in [6.45, 7) is 0.204. The highest BCUT2D eigenvalue weighted by Crippen LogP contribution is 2.28. The van der Waals surface area contributed by atoms with Gasteiger partial charge >= 0.3 is 0 Å². The van der Waals surface area contributed by atoms with Crippen LogP contribution in [0.1, 0.15) is 5.82 Å². The van der Waals surface area contributed by atoms with Crippen LogP contribution in [0.3, 0.4) is 0 Å². The Kier molecular flexibility index (Phi) is 5.74. The monoisotopic (exact) mass is 388 g/mol. The molecule has 26 heavy (non-hydrogen) atoms. The minimum absolute atomic E-state index is 0.110. The molecule has 0 aliphatic rings. The summed E-state index contributed by atoms with van der Waals surface area (Å²) in [4.78, 5) is 19.3. The van der Waals surface area contributed by atoms with E-state index in [2.05, 4.69) is 10.3 Å². The molecular weight excluding hydrogens is 368 g/mol. The van der Waals surface area contributed by atoms with Crippen LogP contribution in [0.25, 0.3) is 11.0 Å². The number of carbonyl (C=O) groups excluding carboxylic acids is 1. The van der Waals surface area contributed by atoms with E-state index in [-0.39, 0.29) is 12.5 Å². The van der Waals surface area contributed by atoms with Gasteiger partial charge in [-0.15, -0.1) is 0 Å². The topological polar surface area (TPSA) is 50.2 Å². The molecule has 3 rings (SSSR count). The van der Waals surface area contributed by atoms with E-state index in [1.54, 1.807) is 17.8 Å². The number of benzene rings is 2. The Bertz CT molecular complexity index is 938. The molecule has 2 aromatic carbocycles. The molecule has 0 unspecified atom stereocenters. The molecule has 1 amide bonds. The van der Waals surface area contributed by atoms with Crippen molar-refractivity contribution in [3.8, 4) is 0 Å².